The second-order valence-corrected chi connectivity index (χ2v) is 5.35. The zero-order chi connectivity index (χ0) is 13.8. The minimum absolute atomic E-state index is 0.516. The lowest BCUT2D eigenvalue weighted by molar-refractivity contribution is 0.430. The second kappa shape index (κ2) is 6.01. The van der Waals surface area contributed by atoms with Gasteiger partial charge in [-0.3, -0.25) is 0 Å². The lowest BCUT2D eigenvalue weighted by atomic mass is 9.97. The van der Waals surface area contributed by atoms with Crippen molar-refractivity contribution in [3.05, 3.63) is 16.8 Å². The van der Waals surface area contributed by atoms with Crippen LogP contribution < -0.4 is 4.90 Å². The Hall–Kier alpha value is -1.63. The first-order valence-corrected chi connectivity index (χ1v) is 7.19. The van der Waals surface area contributed by atoms with Gasteiger partial charge in [-0.2, -0.15) is 10.4 Å². The molecule has 1 aliphatic heterocycles. The number of anilines is 1. The van der Waals surface area contributed by atoms with Crippen LogP contribution in [0.25, 0.3) is 0 Å². The van der Waals surface area contributed by atoms with Crippen LogP contribution in [0.1, 0.15) is 55.8 Å². The lowest BCUT2D eigenvalue weighted by Gasteiger charge is -2.37. The van der Waals surface area contributed by atoms with Gasteiger partial charge in [0.1, 0.15) is 11.6 Å². The van der Waals surface area contributed by atoms with Gasteiger partial charge in [-0.05, 0) is 45.1 Å². The molecule has 1 saturated heterocycles. The van der Waals surface area contributed by atoms with E-state index >= 15 is 0 Å². The molecule has 0 saturated carbocycles. The minimum Gasteiger partial charge on any atom is -0.351 e. The van der Waals surface area contributed by atoms with Gasteiger partial charge in [0.2, 0.25) is 0 Å². The van der Waals surface area contributed by atoms with Gasteiger partial charge in [0.15, 0.2) is 5.82 Å². The fraction of sp³-hybridized carbons (Fsp3) is 0.667. The topological polar surface area (TPSA) is 52.8 Å². The molecule has 4 heteroatoms. The largest absolute Gasteiger partial charge is 0.351 e. The highest BCUT2D eigenvalue weighted by molar-refractivity contribution is 5.58. The zero-order valence-electron chi connectivity index (χ0n) is 12.1. The van der Waals surface area contributed by atoms with Gasteiger partial charge in [-0.15, -0.1) is 5.10 Å². The summed E-state index contributed by atoms with van der Waals surface area (Å²) in [6.07, 6.45) is 6.00. The maximum Gasteiger partial charge on any atom is 0.169 e. The Morgan fingerprint density at radius 2 is 2.11 bits per heavy atom. The average molecular weight is 258 g/mol. The van der Waals surface area contributed by atoms with Crippen molar-refractivity contribution in [2.24, 2.45) is 0 Å². The van der Waals surface area contributed by atoms with E-state index in [-0.39, 0.29) is 0 Å². The summed E-state index contributed by atoms with van der Waals surface area (Å²) in [5.74, 6) is 0.795. The Bertz CT molecular complexity index is 488. The first-order chi connectivity index (χ1) is 9.19. The molecule has 0 amide bonds. The monoisotopic (exact) mass is 258 g/mol. The molecule has 0 spiro atoms. The third-order valence-corrected chi connectivity index (χ3v) is 4.07. The molecular formula is C15H22N4. The molecule has 19 heavy (non-hydrogen) atoms. The van der Waals surface area contributed by atoms with E-state index in [2.05, 4.69) is 28.1 Å². The minimum atomic E-state index is 0.516. The molecule has 2 rings (SSSR count). The molecule has 0 aliphatic carbocycles. The predicted molar refractivity (Wildman–Crippen MR) is 76.1 cm³/mol. The second-order valence-electron chi connectivity index (χ2n) is 5.35. The fourth-order valence-electron chi connectivity index (χ4n) is 2.84. The first kappa shape index (κ1) is 13.8. The highest BCUT2D eigenvalue weighted by Gasteiger charge is 2.26. The molecule has 0 aromatic carbocycles. The van der Waals surface area contributed by atoms with Crippen molar-refractivity contribution in [1.82, 2.24) is 10.2 Å². The first-order valence-electron chi connectivity index (χ1n) is 7.19. The Balaban J connectivity index is 2.39. The smallest absolute Gasteiger partial charge is 0.169 e. The molecule has 1 fully saturated rings. The SMILES string of the molecule is CCCC1CCCCN1c1nnc(C)c(C)c1C#N. The number of nitrogens with zero attached hydrogens (tertiary/aromatic N) is 4. The third kappa shape index (κ3) is 2.70. The Kier molecular flexibility index (Phi) is 4.36. The fourth-order valence-corrected chi connectivity index (χ4v) is 2.84. The highest BCUT2D eigenvalue weighted by Crippen LogP contribution is 2.29. The van der Waals surface area contributed by atoms with Gasteiger partial charge in [-0.25, -0.2) is 0 Å². The molecular weight excluding hydrogens is 236 g/mol. The van der Waals surface area contributed by atoms with Crippen LogP contribution in [0.15, 0.2) is 0 Å². The van der Waals surface area contributed by atoms with Crippen LogP contribution in [0.3, 0.4) is 0 Å². The van der Waals surface area contributed by atoms with Gasteiger partial charge < -0.3 is 4.90 Å². The van der Waals surface area contributed by atoms with Crippen molar-refractivity contribution in [1.29, 1.82) is 5.26 Å². The van der Waals surface area contributed by atoms with Crippen molar-refractivity contribution in [2.45, 2.75) is 58.9 Å². The van der Waals surface area contributed by atoms with E-state index in [1.165, 1.54) is 32.1 Å². The molecule has 1 atom stereocenters. The molecule has 1 aromatic heterocycles. The molecule has 0 radical (unpaired) electrons. The Morgan fingerprint density at radius 1 is 1.32 bits per heavy atom. The normalized spacial score (nSPS) is 19.3. The summed E-state index contributed by atoms with van der Waals surface area (Å²) in [5, 5.41) is 18.0. The van der Waals surface area contributed by atoms with Crippen molar-refractivity contribution in [2.75, 3.05) is 11.4 Å². The lowest BCUT2D eigenvalue weighted by Crippen LogP contribution is -2.40. The molecule has 0 N–H and O–H groups in total. The van der Waals surface area contributed by atoms with Crippen LogP contribution in [0.5, 0.6) is 0 Å². The molecule has 1 aromatic rings. The zero-order valence-corrected chi connectivity index (χ0v) is 12.1. The number of aryl methyl sites for hydroxylation is 1. The van der Waals surface area contributed by atoms with Crippen LogP contribution in [0, 0.1) is 25.2 Å². The van der Waals surface area contributed by atoms with E-state index in [1.807, 2.05) is 13.8 Å². The Labute approximate surface area is 115 Å². The summed E-state index contributed by atoms with van der Waals surface area (Å²) in [5.41, 5.74) is 2.52. The van der Waals surface area contributed by atoms with E-state index in [9.17, 15) is 5.26 Å². The van der Waals surface area contributed by atoms with E-state index in [4.69, 9.17) is 0 Å². The molecule has 2 heterocycles. The molecule has 102 valence electrons. The highest BCUT2D eigenvalue weighted by atomic mass is 15.3. The van der Waals surface area contributed by atoms with Crippen LogP contribution in [-0.4, -0.2) is 22.8 Å². The summed E-state index contributed by atoms with van der Waals surface area (Å²) in [6.45, 7) is 7.08. The van der Waals surface area contributed by atoms with Crippen LogP contribution in [0.4, 0.5) is 5.82 Å². The number of hydrogen-bond acceptors (Lipinski definition) is 4. The van der Waals surface area contributed by atoms with Crippen molar-refractivity contribution >= 4 is 5.82 Å². The third-order valence-electron chi connectivity index (χ3n) is 4.07. The maximum atomic E-state index is 9.43. The van der Waals surface area contributed by atoms with Crippen LogP contribution in [0.2, 0.25) is 0 Å². The summed E-state index contributed by atoms with van der Waals surface area (Å²) in [4.78, 5) is 2.31. The molecule has 1 aliphatic rings. The number of hydrogen-bond donors (Lipinski definition) is 0. The van der Waals surface area contributed by atoms with Gasteiger partial charge in [-0.1, -0.05) is 13.3 Å². The molecule has 1 unspecified atom stereocenters. The predicted octanol–water partition coefficient (Wildman–Crippen LogP) is 3.12. The summed E-state index contributed by atoms with van der Waals surface area (Å²) >= 11 is 0. The van der Waals surface area contributed by atoms with Crippen LogP contribution >= 0.6 is 0 Å². The quantitative estimate of drug-likeness (QED) is 0.836. The van der Waals surface area contributed by atoms with Crippen LogP contribution in [-0.2, 0) is 0 Å². The van der Waals surface area contributed by atoms with E-state index in [0.717, 1.165) is 23.6 Å². The molecule has 4 nitrogen and oxygen atoms in total. The van der Waals surface area contributed by atoms with Gasteiger partial charge in [0.25, 0.3) is 0 Å². The summed E-state index contributed by atoms with van der Waals surface area (Å²) in [6, 6.07) is 2.84. The number of aromatic nitrogens is 2. The number of piperidine rings is 1. The van der Waals surface area contributed by atoms with Gasteiger partial charge in [0.05, 0.1) is 5.69 Å². The molecule has 0 bridgehead atoms. The maximum absolute atomic E-state index is 9.43. The number of nitriles is 1. The number of rotatable bonds is 3. The summed E-state index contributed by atoms with van der Waals surface area (Å²) in [7, 11) is 0. The van der Waals surface area contributed by atoms with Crippen molar-refractivity contribution < 1.29 is 0 Å². The Morgan fingerprint density at radius 3 is 2.79 bits per heavy atom. The van der Waals surface area contributed by atoms with E-state index in [0.29, 0.717) is 11.6 Å². The van der Waals surface area contributed by atoms with E-state index < -0.39 is 0 Å². The summed E-state index contributed by atoms with van der Waals surface area (Å²) < 4.78 is 0. The van der Waals surface area contributed by atoms with Crippen molar-refractivity contribution in [3.8, 4) is 6.07 Å². The average Bonchev–Trinajstić information content (AvgIpc) is 2.43. The van der Waals surface area contributed by atoms with E-state index in [1.54, 1.807) is 0 Å². The van der Waals surface area contributed by atoms with Crippen molar-refractivity contribution in [3.63, 3.8) is 0 Å². The van der Waals surface area contributed by atoms with Gasteiger partial charge >= 0.3 is 0 Å². The standard InChI is InChI=1S/C15H22N4/c1-4-7-13-8-5-6-9-19(13)15-14(10-16)11(2)12(3)17-18-15/h13H,4-9H2,1-3H3. The van der Waals surface area contributed by atoms with Gasteiger partial charge in [0, 0.05) is 12.6 Å².